The molecule has 0 atom stereocenters. The van der Waals surface area contributed by atoms with Gasteiger partial charge in [0.25, 0.3) is 5.91 Å². The Morgan fingerprint density at radius 2 is 1.73 bits per heavy atom. The van der Waals surface area contributed by atoms with E-state index in [0.717, 1.165) is 25.9 Å². The lowest BCUT2D eigenvalue weighted by Gasteiger charge is -2.27. The number of rotatable bonds is 3. The summed E-state index contributed by atoms with van der Waals surface area (Å²) in [5, 5.41) is 7.68. The van der Waals surface area contributed by atoms with E-state index in [2.05, 4.69) is 25.3 Å². The molecule has 2 aliphatic heterocycles. The van der Waals surface area contributed by atoms with Crippen LogP contribution in [0.15, 0.2) is 12.4 Å². The molecule has 3 amide bonds. The van der Waals surface area contributed by atoms with Gasteiger partial charge in [0, 0.05) is 43.1 Å². The molecule has 0 spiro atoms. The van der Waals surface area contributed by atoms with Crippen molar-refractivity contribution in [1.82, 2.24) is 30.0 Å². The molecule has 0 saturated carbocycles. The van der Waals surface area contributed by atoms with Crippen LogP contribution < -0.4 is 16.0 Å². The number of urea groups is 1. The summed E-state index contributed by atoms with van der Waals surface area (Å²) in [5.74, 6) is 0.453. The van der Waals surface area contributed by atoms with Crippen molar-refractivity contribution < 1.29 is 9.59 Å². The number of nitrogens with one attached hydrogen (secondary N) is 1. The van der Waals surface area contributed by atoms with Crippen molar-refractivity contribution in [3.05, 3.63) is 23.7 Å². The highest BCUT2D eigenvalue weighted by Gasteiger charge is 2.31. The van der Waals surface area contributed by atoms with E-state index in [9.17, 15) is 9.59 Å². The number of nitrogens with two attached hydrogens (primary N) is 1. The van der Waals surface area contributed by atoms with Crippen molar-refractivity contribution in [2.24, 2.45) is 5.73 Å². The lowest BCUT2D eigenvalue weighted by atomic mass is 10.0. The first-order valence-electron chi connectivity index (χ1n) is 10.3. The fraction of sp³-hybridized carbons (Fsp3) is 0.550. The predicted octanol–water partition coefficient (Wildman–Crippen LogP) is 1.36. The molecule has 0 bridgehead atoms. The lowest BCUT2D eigenvalue weighted by Crippen LogP contribution is -2.44. The van der Waals surface area contributed by atoms with E-state index in [0.29, 0.717) is 41.6 Å². The van der Waals surface area contributed by atoms with Gasteiger partial charge in [-0.1, -0.05) is 0 Å². The van der Waals surface area contributed by atoms with Gasteiger partial charge < -0.3 is 20.9 Å². The summed E-state index contributed by atoms with van der Waals surface area (Å²) in [5.41, 5.74) is 7.36. The second-order valence-electron chi connectivity index (χ2n) is 8.82. The van der Waals surface area contributed by atoms with Crippen LogP contribution in [-0.4, -0.2) is 61.8 Å². The Kier molecular flexibility index (Phi) is 5.08. The molecular formula is C20H28N8O2. The third-order valence-electron chi connectivity index (χ3n) is 5.31. The zero-order valence-corrected chi connectivity index (χ0v) is 17.7. The zero-order valence-electron chi connectivity index (χ0n) is 17.7. The minimum atomic E-state index is -0.510. The van der Waals surface area contributed by atoms with E-state index >= 15 is 0 Å². The maximum absolute atomic E-state index is 13.2. The summed E-state index contributed by atoms with van der Waals surface area (Å²) < 4.78 is 1.78. The molecule has 3 N–H and O–H groups in total. The van der Waals surface area contributed by atoms with Crippen molar-refractivity contribution >= 4 is 17.9 Å². The summed E-state index contributed by atoms with van der Waals surface area (Å²) in [7, 11) is 0. The fourth-order valence-electron chi connectivity index (χ4n) is 3.87. The summed E-state index contributed by atoms with van der Waals surface area (Å²) in [6, 6.07) is -0.510. The van der Waals surface area contributed by atoms with Crippen molar-refractivity contribution in [2.75, 3.05) is 24.5 Å². The standard InChI is InChI=1S/C20H28N8O2/c1-20(2,3)24-17(29)15-14-12-27(18(21)30)8-9-28(14)25-16(15)13-10-22-19(23-11-13)26-6-4-5-7-26/h10-11H,4-9,12H2,1-3H3,(H2,21,30)(H,24,29). The maximum atomic E-state index is 13.2. The first-order chi connectivity index (χ1) is 14.2. The lowest BCUT2D eigenvalue weighted by molar-refractivity contribution is 0.0916. The Hall–Kier alpha value is -3.17. The molecular weight excluding hydrogens is 384 g/mol. The molecule has 2 aromatic rings. The number of carbonyl (C=O) groups is 2. The van der Waals surface area contributed by atoms with Crippen LogP contribution in [0.25, 0.3) is 11.3 Å². The van der Waals surface area contributed by atoms with Crippen LogP contribution in [-0.2, 0) is 13.1 Å². The number of hydrogen-bond acceptors (Lipinski definition) is 6. The number of aromatic nitrogens is 4. The number of anilines is 1. The van der Waals surface area contributed by atoms with Crippen LogP contribution in [0.5, 0.6) is 0 Å². The Morgan fingerprint density at radius 3 is 2.33 bits per heavy atom. The molecule has 10 nitrogen and oxygen atoms in total. The molecule has 4 rings (SSSR count). The second-order valence-corrected chi connectivity index (χ2v) is 8.82. The van der Waals surface area contributed by atoms with Gasteiger partial charge in [-0.15, -0.1) is 0 Å². The fourth-order valence-corrected chi connectivity index (χ4v) is 3.87. The summed E-state index contributed by atoms with van der Waals surface area (Å²) >= 11 is 0. The van der Waals surface area contributed by atoms with Crippen LogP contribution in [0, 0.1) is 0 Å². The Labute approximate surface area is 175 Å². The van der Waals surface area contributed by atoms with Gasteiger partial charge in [0.2, 0.25) is 5.95 Å². The Morgan fingerprint density at radius 1 is 1.07 bits per heavy atom. The van der Waals surface area contributed by atoms with E-state index in [-0.39, 0.29) is 12.5 Å². The van der Waals surface area contributed by atoms with Crippen LogP contribution >= 0.6 is 0 Å². The van der Waals surface area contributed by atoms with Gasteiger partial charge in [-0.2, -0.15) is 5.10 Å². The topological polar surface area (TPSA) is 122 Å². The van der Waals surface area contributed by atoms with Gasteiger partial charge in [0.15, 0.2) is 0 Å². The normalized spacial score (nSPS) is 16.5. The molecule has 0 aromatic carbocycles. The third kappa shape index (κ3) is 3.94. The number of primary amides is 1. The average molecular weight is 412 g/mol. The monoisotopic (exact) mass is 412 g/mol. The van der Waals surface area contributed by atoms with E-state index in [1.54, 1.807) is 17.1 Å². The largest absolute Gasteiger partial charge is 0.351 e. The smallest absolute Gasteiger partial charge is 0.315 e. The van der Waals surface area contributed by atoms with E-state index in [4.69, 9.17) is 5.73 Å². The molecule has 10 heteroatoms. The van der Waals surface area contributed by atoms with Gasteiger partial charge in [-0.3, -0.25) is 9.48 Å². The molecule has 0 radical (unpaired) electrons. The molecule has 2 aliphatic rings. The number of amides is 3. The van der Waals surface area contributed by atoms with Crippen LogP contribution in [0.3, 0.4) is 0 Å². The van der Waals surface area contributed by atoms with Crippen LogP contribution in [0.4, 0.5) is 10.7 Å². The highest BCUT2D eigenvalue weighted by molar-refractivity contribution is 6.01. The third-order valence-corrected chi connectivity index (χ3v) is 5.31. The number of fused-ring (bicyclic) bond motifs is 1. The Balaban J connectivity index is 1.73. The molecule has 1 fully saturated rings. The maximum Gasteiger partial charge on any atom is 0.315 e. The summed E-state index contributed by atoms with van der Waals surface area (Å²) in [6.45, 7) is 8.84. The van der Waals surface area contributed by atoms with Gasteiger partial charge in [0.1, 0.15) is 5.69 Å². The SMILES string of the molecule is CC(C)(C)NC(=O)c1c(-c2cnc(N3CCCC3)nc2)nn2c1CN(C(N)=O)CC2. The minimum absolute atomic E-state index is 0.238. The molecule has 0 aliphatic carbocycles. The van der Waals surface area contributed by atoms with Crippen molar-refractivity contribution in [3.63, 3.8) is 0 Å². The molecule has 2 aromatic heterocycles. The molecule has 0 unspecified atom stereocenters. The van der Waals surface area contributed by atoms with E-state index in [1.165, 1.54) is 4.90 Å². The number of hydrogen-bond donors (Lipinski definition) is 2. The molecule has 4 heterocycles. The zero-order chi connectivity index (χ0) is 21.5. The van der Waals surface area contributed by atoms with Crippen molar-refractivity contribution in [1.29, 1.82) is 0 Å². The van der Waals surface area contributed by atoms with E-state index in [1.807, 2.05) is 20.8 Å². The predicted molar refractivity (Wildman–Crippen MR) is 112 cm³/mol. The molecule has 1 saturated heterocycles. The van der Waals surface area contributed by atoms with Crippen LogP contribution in [0.2, 0.25) is 0 Å². The van der Waals surface area contributed by atoms with Crippen molar-refractivity contribution in [2.45, 2.75) is 52.2 Å². The van der Waals surface area contributed by atoms with E-state index < -0.39 is 11.6 Å². The van der Waals surface area contributed by atoms with Gasteiger partial charge in [-0.25, -0.2) is 14.8 Å². The summed E-state index contributed by atoms with van der Waals surface area (Å²) in [4.78, 5) is 37.6. The van der Waals surface area contributed by atoms with Crippen LogP contribution in [0.1, 0.15) is 49.7 Å². The summed E-state index contributed by atoms with van der Waals surface area (Å²) in [6.07, 6.45) is 5.72. The number of carbonyl (C=O) groups excluding carboxylic acids is 2. The van der Waals surface area contributed by atoms with Gasteiger partial charge >= 0.3 is 6.03 Å². The second kappa shape index (κ2) is 7.58. The molecule has 30 heavy (non-hydrogen) atoms. The first kappa shape index (κ1) is 20.1. The van der Waals surface area contributed by atoms with Gasteiger partial charge in [-0.05, 0) is 33.6 Å². The molecule has 160 valence electrons. The highest BCUT2D eigenvalue weighted by Crippen LogP contribution is 2.29. The van der Waals surface area contributed by atoms with Gasteiger partial charge in [0.05, 0.1) is 24.3 Å². The Bertz CT molecular complexity index is 954. The first-order valence-corrected chi connectivity index (χ1v) is 10.3. The number of nitrogens with zero attached hydrogens (tertiary/aromatic N) is 6. The quantitative estimate of drug-likeness (QED) is 0.785. The average Bonchev–Trinajstić information content (AvgIpc) is 3.34. The van der Waals surface area contributed by atoms with Crippen molar-refractivity contribution in [3.8, 4) is 11.3 Å². The minimum Gasteiger partial charge on any atom is -0.351 e. The highest BCUT2D eigenvalue weighted by atomic mass is 16.2.